The summed E-state index contributed by atoms with van der Waals surface area (Å²) >= 11 is 0. The molecule has 4 heteroatoms. The van der Waals surface area contributed by atoms with E-state index < -0.39 is 5.97 Å². The molecule has 0 atom stereocenters. The highest BCUT2D eigenvalue weighted by atomic mass is 16.5. The van der Waals surface area contributed by atoms with Crippen LogP contribution < -0.4 is 4.74 Å². The van der Waals surface area contributed by atoms with Gasteiger partial charge in [-0.2, -0.15) is 0 Å². The van der Waals surface area contributed by atoms with Gasteiger partial charge in [0.15, 0.2) is 5.78 Å². The van der Waals surface area contributed by atoms with E-state index in [1.807, 2.05) is 0 Å². The molecule has 0 bridgehead atoms. The lowest BCUT2D eigenvalue weighted by Gasteiger charge is -2.05. The molecule has 90 valence electrons. The summed E-state index contributed by atoms with van der Waals surface area (Å²) in [5, 5.41) is 0. The van der Waals surface area contributed by atoms with Crippen molar-refractivity contribution in [1.82, 2.24) is 0 Å². The van der Waals surface area contributed by atoms with Gasteiger partial charge in [0.1, 0.15) is 5.75 Å². The van der Waals surface area contributed by atoms with Crippen LogP contribution in [0.5, 0.6) is 5.75 Å². The van der Waals surface area contributed by atoms with Crippen LogP contribution in [0.25, 0.3) is 0 Å². The molecular formula is C13H14O4. The van der Waals surface area contributed by atoms with Gasteiger partial charge in [-0.1, -0.05) is 18.7 Å². The smallest absolute Gasteiger partial charge is 0.333 e. The van der Waals surface area contributed by atoms with Crippen LogP contribution in [0.3, 0.4) is 0 Å². The molecule has 1 aromatic rings. The van der Waals surface area contributed by atoms with Crippen molar-refractivity contribution in [3.8, 4) is 5.75 Å². The number of carbonyl (C=O) groups is 2. The Hall–Kier alpha value is -2.10. The molecule has 0 unspecified atom stereocenters. The molecule has 4 nitrogen and oxygen atoms in total. The van der Waals surface area contributed by atoms with Gasteiger partial charge in [-0.15, -0.1) is 0 Å². The Bertz CT molecular complexity index is 448. The van der Waals surface area contributed by atoms with Gasteiger partial charge in [0.05, 0.1) is 14.2 Å². The lowest BCUT2D eigenvalue weighted by molar-refractivity contribution is -0.136. The van der Waals surface area contributed by atoms with E-state index in [0.29, 0.717) is 11.3 Å². The van der Waals surface area contributed by atoms with Crippen molar-refractivity contribution in [3.63, 3.8) is 0 Å². The third-order valence-electron chi connectivity index (χ3n) is 2.24. The Balaban J connectivity index is 2.76. The fourth-order valence-corrected chi connectivity index (χ4v) is 1.31. The van der Waals surface area contributed by atoms with E-state index in [1.165, 1.54) is 14.2 Å². The quantitative estimate of drug-likeness (QED) is 0.444. The van der Waals surface area contributed by atoms with Crippen LogP contribution in [0.2, 0.25) is 0 Å². The van der Waals surface area contributed by atoms with Crippen LogP contribution >= 0.6 is 0 Å². The van der Waals surface area contributed by atoms with E-state index >= 15 is 0 Å². The number of rotatable bonds is 5. The predicted octanol–water partition coefficient (Wildman–Crippen LogP) is 2.00. The summed E-state index contributed by atoms with van der Waals surface area (Å²) in [6.07, 6.45) is -0.0557. The standard InChI is InChI=1S/C13H14O4/c1-9(13(15)17-3)7-12(14)10-5-4-6-11(8-10)16-2/h4-6,8H,1,7H2,2-3H3. The average molecular weight is 234 g/mol. The second-order valence-electron chi connectivity index (χ2n) is 3.43. The van der Waals surface area contributed by atoms with Crippen LogP contribution in [0, 0.1) is 0 Å². The van der Waals surface area contributed by atoms with Crippen molar-refractivity contribution in [3.05, 3.63) is 42.0 Å². The van der Waals surface area contributed by atoms with Crippen LogP contribution in [0.1, 0.15) is 16.8 Å². The van der Waals surface area contributed by atoms with Gasteiger partial charge in [0.25, 0.3) is 0 Å². The van der Waals surface area contributed by atoms with Gasteiger partial charge in [0, 0.05) is 17.6 Å². The number of carbonyl (C=O) groups excluding carboxylic acids is 2. The van der Waals surface area contributed by atoms with Crippen molar-refractivity contribution in [2.45, 2.75) is 6.42 Å². The van der Waals surface area contributed by atoms with Crippen molar-refractivity contribution >= 4 is 11.8 Å². The molecule has 0 spiro atoms. The molecule has 17 heavy (non-hydrogen) atoms. The minimum Gasteiger partial charge on any atom is -0.497 e. The Labute approximate surface area is 99.8 Å². The molecule has 0 aliphatic carbocycles. The Kier molecular flexibility index (Phi) is 4.46. The zero-order valence-electron chi connectivity index (χ0n) is 9.86. The summed E-state index contributed by atoms with van der Waals surface area (Å²) in [6.45, 7) is 3.51. The second-order valence-corrected chi connectivity index (χ2v) is 3.43. The second kappa shape index (κ2) is 5.84. The largest absolute Gasteiger partial charge is 0.497 e. The molecule has 0 N–H and O–H groups in total. The molecule has 0 amide bonds. The molecule has 1 aromatic carbocycles. The average Bonchev–Trinajstić information content (AvgIpc) is 2.37. The molecule has 0 aromatic heterocycles. The lowest BCUT2D eigenvalue weighted by Crippen LogP contribution is -2.09. The van der Waals surface area contributed by atoms with E-state index in [4.69, 9.17) is 4.74 Å². The first-order chi connectivity index (χ1) is 8.08. The van der Waals surface area contributed by atoms with Gasteiger partial charge in [-0.25, -0.2) is 4.79 Å². The maximum Gasteiger partial charge on any atom is 0.333 e. The number of ketones is 1. The molecule has 0 aliphatic heterocycles. The summed E-state index contributed by atoms with van der Waals surface area (Å²) in [5.41, 5.74) is 0.620. The molecule has 0 fully saturated rings. The van der Waals surface area contributed by atoms with Crippen molar-refractivity contribution in [1.29, 1.82) is 0 Å². The van der Waals surface area contributed by atoms with E-state index in [-0.39, 0.29) is 17.8 Å². The Morgan fingerprint density at radius 1 is 1.29 bits per heavy atom. The van der Waals surface area contributed by atoms with Gasteiger partial charge in [-0.05, 0) is 12.1 Å². The maximum atomic E-state index is 11.8. The SMILES string of the molecule is C=C(CC(=O)c1cccc(OC)c1)C(=O)OC. The minimum absolute atomic E-state index is 0.0557. The molecular weight excluding hydrogens is 220 g/mol. The zero-order valence-corrected chi connectivity index (χ0v) is 9.86. The highest BCUT2D eigenvalue weighted by molar-refractivity contribution is 6.03. The number of Topliss-reactive ketones (excluding diaryl/α,β-unsaturated/α-hetero) is 1. The molecule has 0 heterocycles. The highest BCUT2D eigenvalue weighted by Crippen LogP contribution is 2.15. The van der Waals surface area contributed by atoms with Crippen LogP contribution in [-0.2, 0) is 9.53 Å². The highest BCUT2D eigenvalue weighted by Gasteiger charge is 2.13. The van der Waals surface area contributed by atoms with Crippen molar-refractivity contribution in [2.75, 3.05) is 14.2 Å². The third-order valence-corrected chi connectivity index (χ3v) is 2.24. The zero-order chi connectivity index (χ0) is 12.8. The summed E-state index contributed by atoms with van der Waals surface area (Å²) in [4.78, 5) is 22.9. The Morgan fingerprint density at radius 2 is 2.00 bits per heavy atom. The number of benzene rings is 1. The minimum atomic E-state index is -0.568. The van der Waals surface area contributed by atoms with E-state index in [2.05, 4.69) is 11.3 Å². The van der Waals surface area contributed by atoms with Gasteiger partial charge in [-0.3, -0.25) is 4.79 Å². The third kappa shape index (κ3) is 3.45. The fourth-order valence-electron chi connectivity index (χ4n) is 1.31. The van der Waals surface area contributed by atoms with Crippen LogP contribution in [-0.4, -0.2) is 26.0 Å². The maximum absolute atomic E-state index is 11.8. The van der Waals surface area contributed by atoms with Gasteiger partial charge >= 0.3 is 5.97 Å². The number of hydrogen-bond donors (Lipinski definition) is 0. The normalized spacial score (nSPS) is 9.53. The molecule has 0 radical (unpaired) electrons. The summed E-state index contributed by atoms with van der Waals surface area (Å²) < 4.78 is 9.49. The number of hydrogen-bond acceptors (Lipinski definition) is 4. The van der Waals surface area contributed by atoms with E-state index in [9.17, 15) is 9.59 Å². The van der Waals surface area contributed by atoms with Crippen LogP contribution in [0.15, 0.2) is 36.4 Å². The predicted molar refractivity (Wildman–Crippen MR) is 63.1 cm³/mol. The number of methoxy groups -OCH3 is 2. The number of ether oxygens (including phenoxy) is 2. The summed E-state index contributed by atoms with van der Waals surface area (Å²) in [5.74, 6) is -0.167. The first-order valence-corrected chi connectivity index (χ1v) is 5.02. The molecule has 0 saturated carbocycles. The van der Waals surface area contributed by atoms with Gasteiger partial charge in [0.2, 0.25) is 0 Å². The van der Waals surface area contributed by atoms with Crippen molar-refractivity contribution in [2.24, 2.45) is 0 Å². The first-order valence-electron chi connectivity index (χ1n) is 5.02. The summed E-state index contributed by atoms with van der Waals surface area (Å²) in [6, 6.07) is 6.74. The van der Waals surface area contributed by atoms with E-state index in [0.717, 1.165) is 0 Å². The Morgan fingerprint density at radius 3 is 2.59 bits per heavy atom. The number of esters is 1. The molecule has 0 aliphatic rings. The topological polar surface area (TPSA) is 52.6 Å². The first kappa shape index (κ1) is 13.0. The lowest BCUT2D eigenvalue weighted by atomic mass is 10.0. The monoisotopic (exact) mass is 234 g/mol. The fraction of sp³-hybridized carbons (Fsp3) is 0.231. The summed E-state index contributed by atoms with van der Waals surface area (Å²) in [7, 11) is 2.78. The van der Waals surface area contributed by atoms with Gasteiger partial charge < -0.3 is 9.47 Å². The molecule has 0 saturated heterocycles. The van der Waals surface area contributed by atoms with Crippen molar-refractivity contribution < 1.29 is 19.1 Å². The van der Waals surface area contributed by atoms with Crippen LogP contribution in [0.4, 0.5) is 0 Å². The van der Waals surface area contributed by atoms with E-state index in [1.54, 1.807) is 24.3 Å². The molecule has 1 rings (SSSR count).